The highest BCUT2D eigenvalue weighted by atomic mass is 79.9. The average molecular weight is 230 g/mol. The Hall–Kier alpha value is -0.540. The van der Waals surface area contributed by atoms with Crippen LogP contribution in [0.4, 0.5) is 0 Å². The van der Waals surface area contributed by atoms with Crippen molar-refractivity contribution in [3.8, 4) is 5.75 Å². The Bertz CT molecular complexity index is 275. The summed E-state index contributed by atoms with van der Waals surface area (Å²) in [5, 5.41) is 9.57. The minimum Gasteiger partial charge on any atom is -0.506 e. The molecule has 0 spiro atoms. The molecule has 1 rings (SSSR count). The molecule has 0 saturated heterocycles. The summed E-state index contributed by atoms with van der Waals surface area (Å²) in [6.07, 6.45) is 0.823. The third kappa shape index (κ3) is 1.79. The Kier molecular flexibility index (Phi) is 3.12. The number of nitrogens with two attached hydrogens (primary N) is 1. The molecule has 1 atom stereocenters. The van der Waals surface area contributed by atoms with Crippen LogP contribution < -0.4 is 5.73 Å². The number of benzene rings is 1. The summed E-state index contributed by atoms with van der Waals surface area (Å²) in [7, 11) is 0. The zero-order chi connectivity index (χ0) is 9.14. The molecule has 3 N–H and O–H groups in total. The van der Waals surface area contributed by atoms with Crippen molar-refractivity contribution in [2.24, 2.45) is 5.73 Å². The molecule has 3 heteroatoms. The zero-order valence-corrected chi connectivity index (χ0v) is 8.51. The molecule has 12 heavy (non-hydrogen) atoms. The molecule has 2 nitrogen and oxygen atoms in total. The molecule has 0 aromatic heterocycles. The maximum Gasteiger partial charge on any atom is 0.134 e. The summed E-state index contributed by atoms with van der Waals surface area (Å²) in [6, 6.07) is 5.42. The molecule has 1 unspecified atom stereocenters. The normalized spacial score (nSPS) is 12.9. The van der Waals surface area contributed by atoms with Gasteiger partial charge in [-0.25, -0.2) is 0 Å². The van der Waals surface area contributed by atoms with Gasteiger partial charge in [0.2, 0.25) is 0 Å². The quantitative estimate of drug-likeness (QED) is 0.820. The Morgan fingerprint density at radius 3 is 2.83 bits per heavy atom. The molecule has 1 aromatic carbocycles. The second-order valence-corrected chi connectivity index (χ2v) is 3.55. The van der Waals surface area contributed by atoms with Crippen LogP contribution in [0.3, 0.4) is 0 Å². The van der Waals surface area contributed by atoms with E-state index in [9.17, 15) is 5.11 Å². The van der Waals surface area contributed by atoms with Crippen molar-refractivity contribution in [2.75, 3.05) is 0 Å². The lowest BCUT2D eigenvalue weighted by atomic mass is 10.0. The fraction of sp³-hybridized carbons (Fsp3) is 0.333. The van der Waals surface area contributed by atoms with E-state index in [0.717, 1.165) is 12.0 Å². The number of halogens is 1. The van der Waals surface area contributed by atoms with E-state index >= 15 is 0 Å². The number of aromatic hydroxyl groups is 1. The Morgan fingerprint density at radius 2 is 2.25 bits per heavy atom. The highest BCUT2D eigenvalue weighted by Crippen LogP contribution is 2.31. The van der Waals surface area contributed by atoms with Crippen molar-refractivity contribution in [1.29, 1.82) is 0 Å². The molecule has 0 amide bonds. The maximum atomic E-state index is 9.57. The molecule has 0 saturated carbocycles. The van der Waals surface area contributed by atoms with Crippen LogP contribution in [0.15, 0.2) is 22.7 Å². The highest BCUT2D eigenvalue weighted by molar-refractivity contribution is 9.10. The predicted molar refractivity (Wildman–Crippen MR) is 53.0 cm³/mol. The van der Waals surface area contributed by atoms with Gasteiger partial charge in [0, 0.05) is 11.6 Å². The van der Waals surface area contributed by atoms with Crippen molar-refractivity contribution in [1.82, 2.24) is 0 Å². The third-order valence-corrected chi connectivity index (χ3v) is 2.50. The minimum atomic E-state index is -0.0810. The number of phenolic OH excluding ortho intramolecular Hbond substituents is 1. The number of hydrogen-bond acceptors (Lipinski definition) is 2. The van der Waals surface area contributed by atoms with E-state index in [1.807, 2.05) is 19.1 Å². The lowest BCUT2D eigenvalue weighted by Crippen LogP contribution is -2.08. The summed E-state index contributed by atoms with van der Waals surface area (Å²) < 4.78 is 0.698. The van der Waals surface area contributed by atoms with Crippen LogP contribution in [0.25, 0.3) is 0 Å². The van der Waals surface area contributed by atoms with Gasteiger partial charge in [0.1, 0.15) is 5.75 Å². The number of para-hydroxylation sites is 1. The van der Waals surface area contributed by atoms with E-state index in [0.29, 0.717) is 4.47 Å². The topological polar surface area (TPSA) is 46.2 Å². The van der Waals surface area contributed by atoms with E-state index in [4.69, 9.17) is 5.73 Å². The molecular weight excluding hydrogens is 218 g/mol. The Morgan fingerprint density at radius 1 is 1.58 bits per heavy atom. The van der Waals surface area contributed by atoms with Gasteiger partial charge in [-0.2, -0.15) is 0 Å². The van der Waals surface area contributed by atoms with Crippen LogP contribution in [0.2, 0.25) is 0 Å². The fourth-order valence-corrected chi connectivity index (χ4v) is 1.43. The van der Waals surface area contributed by atoms with E-state index in [-0.39, 0.29) is 11.8 Å². The summed E-state index contributed by atoms with van der Waals surface area (Å²) in [5.41, 5.74) is 6.58. The predicted octanol–water partition coefficient (Wildman–Crippen LogP) is 2.56. The molecule has 66 valence electrons. The van der Waals surface area contributed by atoms with Gasteiger partial charge in [-0.1, -0.05) is 19.1 Å². The van der Waals surface area contributed by atoms with Crippen molar-refractivity contribution in [2.45, 2.75) is 19.4 Å². The second kappa shape index (κ2) is 3.92. The molecule has 1 aromatic rings. The van der Waals surface area contributed by atoms with Gasteiger partial charge in [0.05, 0.1) is 4.47 Å². The smallest absolute Gasteiger partial charge is 0.134 e. The zero-order valence-electron chi connectivity index (χ0n) is 6.92. The standard InChI is InChI=1S/C9H12BrNO/c1-2-8(11)6-4-3-5-7(10)9(6)12/h3-5,8,12H,2,11H2,1H3. The van der Waals surface area contributed by atoms with Gasteiger partial charge in [-0.3, -0.25) is 0 Å². The molecular formula is C9H12BrNO. The van der Waals surface area contributed by atoms with E-state index in [2.05, 4.69) is 15.9 Å². The van der Waals surface area contributed by atoms with Crippen LogP contribution in [0.1, 0.15) is 24.9 Å². The molecule has 0 heterocycles. The van der Waals surface area contributed by atoms with E-state index in [1.165, 1.54) is 0 Å². The van der Waals surface area contributed by atoms with Gasteiger partial charge in [0.15, 0.2) is 0 Å². The number of phenols is 1. The van der Waals surface area contributed by atoms with E-state index < -0.39 is 0 Å². The summed E-state index contributed by atoms with van der Waals surface area (Å²) in [4.78, 5) is 0. The lowest BCUT2D eigenvalue weighted by Gasteiger charge is -2.11. The monoisotopic (exact) mass is 229 g/mol. The molecule has 0 radical (unpaired) electrons. The summed E-state index contributed by atoms with van der Waals surface area (Å²) in [5.74, 6) is 0.256. The van der Waals surface area contributed by atoms with Gasteiger partial charge in [-0.05, 0) is 28.4 Å². The highest BCUT2D eigenvalue weighted by Gasteiger charge is 2.10. The largest absolute Gasteiger partial charge is 0.506 e. The lowest BCUT2D eigenvalue weighted by molar-refractivity contribution is 0.457. The Balaban J connectivity index is 3.07. The van der Waals surface area contributed by atoms with Crippen LogP contribution >= 0.6 is 15.9 Å². The van der Waals surface area contributed by atoms with Crippen molar-refractivity contribution in [3.05, 3.63) is 28.2 Å². The molecule has 0 fully saturated rings. The molecule has 0 aliphatic heterocycles. The van der Waals surface area contributed by atoms with Crippen molar-refractivity contribution < 1.29 is 5.11 Å². The second-order valence-electron chi connectivity index (χ2n) is 2.69. The van der Waals surface area contributed by atoms with Gasteiger partial charge >= 0.3 is 0 Å². The summed E-state index contributed by atoms with van der Waals surface area (Å²) in [6.45, 7) is 1.99. The third-order valence-electron chi connectivity index (χ3n) is 1.86. The van der Waals surface area contributed by atoms with Crippen LogP contribution in [0.5, 0.6) is 5.75 Å². The first-order valence-corrected chi connectivity index (χ1v) is 4.69. The van der Waals surface area contributed by atoms with Crippen molar-refractivity contribution >= 4 is 15.9 Å². The molecule has 0 bridgehead atoms. The molecule has 0 aliphatic rings. The van der Waals surface area contributed by atoms with Gasteiger partial charge in [0.25, 0.3) is 0 Å². The number of hydrogen-bond donors (Lipinski definition) is 2. The van der Waals surface area contributed by atoms with Crippen molar-refractivity contribution in [3.63, 3.8) is 0 Å². The van der Waals surface area contributed by atoms with Crippen LogP contribution in [-0.2, 0) is 0 Å². The SMILES string of the molecule is CCC(N)c1cccc(Br)c1O. The van der Waals surface area contributed by atoms with E-state index in [1.54, 1.807) is 6.07 Å². The van der Waals surface area contributed by atoms with Gasteiger partial charge < -0.3 is 10.8 Å². The summed E-state index contributed by atoms with van der Waals surface area (Å²) >= 11 is 3.24. The average Bonchev–Trinajstić information content (AvgIpc) is 2.08. The first kappa shape index (κ1) is 9.55. The molecule has 0 aliphatic carbocycles. The van der Waals surface area contributed by atoms with Crippen LogP contribution in [0, 0.1) is 0 Å². The first-order valence-electron chi connectivity index (χ1n) is 3.89. The fourth-order valence-electron chi connectivity index (χ4n) is 1.05. The Labute approximate surface area is 80.5 Å². The maximum absolute atomic E-state index is 9.57. The number of rotatable bonds is 2. The minimum absolute atomic E-state index is 0.0810. The van der Waals surface area contributed by atoms with Gasteiger partial charge in [-0.15, -0.1) is 0 Å². The first-order chi connectivity index (χ1) is 5.66. The van der Waals surface area contributed by atoms with Crippen LogP contribution in [-0.4, -0.2) is 5.11 Å².